The predicted octanol–water partition coefficient (Wildman–Crippen LogP) is 3.87. The average Bonchev–Trinajstić information content (AvgIpc) is 2.83. The largest absolute Gasteiger partial charge is 0.373 e. The standard InChI is InChI=1S/C27H30N4O3/c1-19-16-31(17-20(2)34-19)18-21-8-10-23(11-9-21)26(32)29-14-22-5-3-7-25(13-22)30-27(33)24-6-4-12-28-15-24/h3-13,15,19-20H,14,16-18H2,1-2H3,(H,29,32)(H,30,33)/t19-,20-/m0/s1. The molecule has 0 aliphatic carbocycles. The first kappa shape index (κ1) is 23.6. The molecule has 34 heavy (non-hydrogen) atoms. The first-order chi connectivity index (χ1) is 16.5. The molecule has 2 N–H and O–H groups in total. The van der Waals surface area contributed by atoms with Crippen molar-refractivity contribution in [1.29, 1.82) is 0 Å². The molecule has 2 amide bonds. The second kappa shape index (κ2) is 11.0. The van der Waals surface area contributed by atoms with Crippen LogP contribution in [0.15, 0.2) is 73.1 Å². The molecule has 0 bridgehead atoms. The Balaban J connectivity index is 1.29. The number of hydrogen-bond acceptors (Lipinski definition) is 5. The third-order valence-electron chi connectivity index (χ3n) is 5.68. The minimum absolute atomic E-state index is 0.134. The van der Waals surface area contributed by atoms with E-state index in [1.54, 1.807) is 18.3 Å². The molecule has 7 nitrogen and oxygen atoms in total. The van der Waals surface area contributed by atoms with Crippen LogP contribution in [-0.4, -0.2) is 47.0 Å². The summed E-state index contributed by atoms with van der Waals surface area (Å²) in [4.78, 5) is 31.3. The Labute approximate surface area is 200 Å². The summed E-state index contributed by atoms with van der Waals surface area (Å²) in [5.74, 6) is -0.361. The summed E-state index contributed by atoms with van der Waals surface area (Å²) in [6, 6.07) is 18.6. The van der Waals surface area contributed by atoms with E-state index >= 15 is 0 Å². The van der Waals surface area contributed by atoms with Gasteiger partial charge in [0, 0.05) is 49.8 Å². The number of anilines is 1. The van der Waals surface area contributed by atoms with E-state index in [-0.39, 0.29) is 24.0 Å². The zero-order chi connectivity index (χ0) is 23.9. The molecule has 2 heterocycles. The maximum atomic E-state index is 12.6. The minimum Gasteiger partial charge on any atom is -0.373 e. The fourth-order valence-electron chi connectivity index (χ4n) is 4.18. The predicted molar refractivity (Wildman–Crippen MR) is 132 cm³/mol. The molecule has 0 saturated carbocycles. The highest BCUT2D eigenvalue weighted by Crippen LogP contribution is 2.16. The number of amides is 2. The third kappa shape index (κ3) is 6.50. The van der Waals surface area contributed by atoms with Gasteiger partial charge in [-0.15, -0.1) is 0 Å². The van der Waals surface area contributed by atoms with Crippen LogP contribution in [0.1, 0.15) is 45.7 Å². The van der Waals surface area contributed by atoms with Gasteiger partial charge in [-0.2, -0.15) is 0 Å². The van der Waals surface area contributed by atoms with Gasteiger partial charge in [-0.1, -0.05) is 24.3 Å². The lowest BCUT2D eigenvalue weighted by Crippen LogP contribution is -2.44. The molecule has 0 spiro atoms. The van der Waals surface area contributed by atoms with E-state index in [1.165, 1.54) is 11.8 Å². The van der Waals surface area contributed by atoms with E-state index in [4.69, 9.17) is 4.74 Å². The van der Waals surface area contributed by atoms with Gasteiger partial charge in [0.1, 0.15) is 0 Å². The topological polar surface area (TPSA) is 83.6 Å². The van der Waals surface area contributed by atoms with Crippen LogP contribution in [0.25, 0.3) is 0 Å². The van der Waals surface area contributed by atoms with Gasteiger partial charge in [-0.25, -0.2) is 0 Å². The van der Waals surface area contributed by atoms with Crippen LogP contribution in [-0.2, 0) is 17.8 Å². The van der Waals surface area contributed by atoms with Gasteiger partial charge < -0.3 is 15.4 Å². The summed E-state index contributed by atoms with van der Waals surface area (Å²) in [6.45, 7) is 7.22. The van der Waals surface area contributed by atoms with E-state index in [2.05, 4.69) is 34.4 Å². The summed E-state index contributed by atoms with van der Waals surface area (Å²) in [5, 5.41) is 5.81. The molecule has 4 rings (SSSR count). The molecule has 1 aliphatic heterocycles. The molecule has 1 aliphatic rings. The highest BCUT2D eigenvalue weighted by molar-refractivity contribution is 6.04. The Hall–Kier alpha value is -3.55. The van der Waals surface area contributed by atoms with Gasteiger partial charge in [-0.05, 0) is 61.4 Å². The van der Waals surface area contributed by atoms with Crippen molar-refractivity contribution in [2.24, 2.45) is 0 Å². The van der Waals surface area contributed by atoms with Gasteiger partial charge in [0.05, 0.1) is 17.8 Å². The van der Waals surface area contributed by atoms with Gasteiger partial charge in [0.15, 0.2) is 0 Å². The highest BCUT2D eigenvalue weighted by atomic mass is 16.5. The van der Waals surface area contributed by atoms with Gasteiger partial charge in [0.25, 0.3) is 11.8 Å². The summed E-state index contributed by atoms with van der Waals surface area (Å²) in [6.07, 6.45) is 3.61. The molecule has 1 saturated heterocycles. The second-order valence-electron chi connectivity index (χ2n) is 8.73. The van der Waals surface area contributed by atoms with E-state index in [0.717, 1.165) is 25.2 Å². The monoisotopic (exact) mass is 458 g/mol. The molecule has 7 heteroatoms. The number of hydrogen-bond donors (Lipinski definition) is 2. The van der Waals surface area contributed by atoms with Crippen LogP contribution < -0.4 is 10.6 Å². The number of nitrogens with one attached hydrogen (secondary N) is 2. The molecular weight excluding hydrogens is 428 g/mol. The zero-order valence-electron chi connectivity index (χ0n) is 19.5. The van der Waals surface area contributed by atoms with Gasteiger partial charge >= 0.3 is 0 Å². The van der Waals surface area contributed by atoms with Crippen molar-refractivity contribution in [2.45, 2.75) is 39.1 Å². The maximum absolute atomic E-state index is 12.6. The van der Waals surface area contributed by atoms with Crippen molar-refractivity contribution in [3.63, 3.8) is 0 Å². The fraction of sp³-hybridized carbons (Fsp3) is 0.296. The maximum Gasteiger partial charge on any atom is 0.257 e. The van der Waals surface area contributed by atoms with Crippen molar-refractivity contribution in [2.75, 3.05) is 18.4 Å². The average molecular weight is 459 g/mol. The number of aromatic nitrogens is 1. The van der Waals surface area contributed by atoms with E-state index in [1.807, 2.05) is 48.5 Å². The molecule has 1 aromatic heterocycles. The zero-order valence-corrected chi connectivity index (χ0v) is 19.5. The summed E-state index contributed by atoms with van der Waals surface area (Å²) >= 11 is 0. The minimum atomic E-state index is -0.227. The molecule has 176 valence electrons. The Morgan fingerprint density at radius 3 is 2.41 bits per heavy atom. The Morgan fingerprint density at radius 1 is 0.941 bits per heavy atom. The number of pyridine rings is 1. The van der Waals surface area contributed by atoms with Crippen molar-refractivity contribution in [1.82, 2.24) is 15.2 Å². The normalized spacial score (nSPS) is 18.3. The van der Waals surface area contributed by atoms with Crippen LogP contribution in [0.4, 0.5) is 5.69 Å². The Morgan fingerprint density at radius 2 is 1.71 bits per heavy atom. The van der Waals surface area contributed by atoms with Crippen LogP contribution >= 0.6 is 0 Å². The quantitative estimate of drug-likeness (QED) is 0.562. The number of carbonyl (C=O) groups excluding carboxylic acids is 2. The Kier molecular flexibility index (Phi) is 7.67. The molecule has 2 atom stereocenters. The second-order valence-corrected chi connectivity index (χ2v) is 8.73. The molecular formula is C27H30N4O3. The van der Waals surface area contributed by atoms with Crippen LogP contribution in [0.3, 0.4) is 0 Å². The fourth-order valence-corrected chi connectivity index (χ4v) is 4.18. The van der Waals surface area contributed by atoms with Gasteiger partial charge in [-0.3, -0.25) is 19.5 Å². The van der Waals surface area contributed by atoms with Crippen molar-refractivity contribution >= 4 is 17.5 Å². The number of ether oxygens (including phenoxy) is 1. The number of rotatable bonds is 7. The van der Waals surface area contributed by atoms with Crippen molar-refractivity contribution in [3.8, 4) is 0 Å². The molecule has 1 fully saturated rings. The van der Waals surface area contributed by atoms with E-state index in [0.29, 0.717) is 23.4 Å². The number of nitrogens with zero attached hydrogens (tertiary/aromatic N) is 2. The number of benzene rings is 2. The third-order valence-corrected chi connectivity index (χ3v) is 5.68. The first-order valence-corrected chi connectivity index (χ1v) is 11.5. The molecule has 2 aromatic carbocycles. The molecule has 0 unspecified atom stereocenters. The van der Waals surface area contributed by atoms with Crippen LogP contribution in [0.5, 0.6) is 0 Å². The highest BCUT2D eigenvalue weighted by Gasteiger charge is 2.22. The summed E-state index contributed by atoms with van der Waals surface area (Å²) in [7, 11) is 0. The summed E-state index contributed by atoms with van der Waals surface area (Å²) < 4.78 is 5.80. The number of morpholine rings is 1. The molecule has 3 aromatic rings. The van der Waals surface area contributed by atoms with E-state index < -0.39 is 0 Å². The Bertz CT molecular complexity index is 1110. The lowest BCUT2D eigenvalue weighted by Gasteiger charge is -2.35. The van der Waals surface area contributed by atoms with Crippen molar-refractivity contribution in [3.05, 3.63) is 95.3 Å². The van der Waals surface area contributed by atoms with Crippen LogP contribution in [0, 0.1) is 0 Å². The number of carbonyl (C=O) groups is 2. The first-order valence-electron chi connectivity index (χ1n) is 11.5. The van der Waals surface area contributed by atoms with Gasteiger partial charge in [0.2, 0.25) is 0 Å². The van der Waals surface area contributed by atoms with E-state index in [9.17, 15) is 9.59 Å². The lowest BCUT2D eigenvalue weighted by molar-refractivity contribution is -0.0704. The summed E-state index contributed by atoms with van der Waals surface area (Å²) in [5.41, 5.74) is 3.84. The van der Waals surface area contributed by atoms with Crippen LogP contribution in [0.2, 0.25) is 0 Å². The van der Waals surface area contributed by atoms with Crippen molar-refractivity contribution < 1.29 is 14.3 Å². The SMILES string of the molecule is C[C@H]1CN(Cc2ccc(C(=O)NCc3cccc(NC(=O)c4cccnc4)c3)cc2)C[C@H](C)O1. The smallest absolute Gasteiger partial charge is 0.257 e. The molecule has 0 radical (unpaired) electrons. The lowest BCUT2D eigenvalue weighted by atomic mass is 10.1.